The van der Waals surface area contributed by atoms with Gasteiger partial charge in [0.05, 0.1) is 44.5 Å². The predicted molar refractivity (Wildman–Crippen MR) is 442 cm³/mol. The van der Waals surface area contributed by atoms with E-state index in [0.717, 1.165) is 28.2 Å². The third kappa shape index (κ3) is 9.23. The number of hydrogen-bond donors (Lipinski definition) is 1. The van der Waals surface area contributed by atoms with E-state index in [1.54, 1.807) is 0 Å². The molecule has 0 saturated heterocycles. The highest BCUT2D eigenvalue weighted by Gasteiger charge is 2.26. The van der Waals surface area contributed by atoms with Gasteiger partial charge in [-0.25, -0.2) is 9.97 Å². The van der Waals surface area contributed by atoms with Crippen molar-refractivity contribution in [1.29, 1.82) is 0 Å². The minimum atomic E-state index is 0.550. The molecule has 6 nitrogen and oxygen atoms in total. The van der Waals surface area contributed by atoms with Crippen molar-refractivity contribution < 1.29 is 0 Å². The number of rotatable bonds is 5. The highest BCUT2D eigenvalue weighted by Crippen LogP contribution is 2.49. The molecule has 6 heterocycles. The van der Waals surface area contributed by atoms with Crippen LogP contribution in [0.5, 0.6) is 0 Å². The molecule has 105 heavy (non-hydrogen) atoms. The van der Waals surface area contributed by atoms with Crippen LogP contribution in [0.4, 0.5) is 0 Å². The summed E-state index contributed by atoms with van der Waals surface area (Å²) in [7, 11) is 0. The minimum absolute atomic E-state index is 0.550. The Balaban J connectivity index is 0.000000112. The van der Waals surface area contributed by atoms with Crippen molar-refractivity contribution in [2.45, 2.75) is 0 Å². The van der Waals surface area contributed by atoms with Gasteiger partial charge in [0.2, 0.25) is 0 Å². The van der Waals surface area contributed by atoms with Gasteiger partial charge >= 0.3 is 0 Å². The lowest BCUT2D eigenvalue weighted by Crippen LogP contribution is -1.98. The third-order valence-electron chi connectivity index (χ3n) is 22.0. The number of hydrogen-bond acceptors (Lipinski definition) is 2. The monoisotopic (exact) mass is 1350 g/mol. The SMILES string of the molecule is Clc1ccc2c(n1)-c1cccc3cccc-2c13.c1ccc2cc(-n3c4ccccc4c4cc(-c5ccc6[nH]c7ccccc7c6c5)ccc43)ccc2c1.c1ccc2cc(-n3c4ccccc4c4cc(-c5ccc6c(c5)c5ccccc5n6-c5ccc6c(n5)-c5cccc7cccc-6c57)ccc43)ccc2c1. The maximum atomic E-state index is 5.99. The molecule has 2 aliphatic carbocycles. The average molecular weight is 1360 g/mol. The Kier molecular flexibility index (Phi) is 13.0. The molecule has 24 rings (SSSR count). The second-order valence-corrected chi connectivity index (χ2v) is 28.1. The largest absolute Gasteiger partial charge is 0.355 e. The van der Waals surface area contributed by atoms with Crippen molar-refractivity contribution in [3.63, 3.8) is 0 Å². The zero-order valence-electron chi connectivity index (χ0n) is 56.6. The number of nitrogens with one attached hydrogen (secondary N) is 1. The van der Waals surface area contributed by atoms with Crippen LogP contribution >= 0.6 is 11.6 Å². The first kappa shape index (κ1) is 59.1. The first-order chi connectivity index (χ1) is 52.0. The molecule has 22 aromatic rings. The van der Waals surface area contributed by atoms with Crippen LogP contribution in [-0.4, -0.2) is 28.7 Å². The lowest BCUT2D eigenvalue weighted by Gasteiger charge is -2.11. The van der Waals surface area contributed by atoms with Gasteiger partial charge in [0.25, 0.3) is 0 Å². The molecule has 0 spiro atoms. The Bertz CT molecular complexity index is 7440. The van der Waals surface area contributed by atoms with E-state index in [-0.39, 0.29) is 0 Å². The van der Waals surface area contributed by atoms with E-state index in [2.05, 4.69) is 369 Å². The molecular formula is C98H59ClN6. The van der Waals surface area contributed by atoms with Crippen LogP contribution < -0.4 is 0 Å². The molecule has 6 aromatic heterocycles. The zero-order valence-corrected chi connectivity index (χ0v) is 57.4. The molecule has 16 aromatic carbocycles. The third-order valence-corrected chi connectivity index (χ3v) is 22.3. The Morgan fingerprint density at radius 2 is 0.610 bits per heavy atom. The van der Waals surface area contributed by atoms with Crippen LogP contribution in [-0.2, 0) is 0 Å². The fourth-order valence-corrected chi connectivity index (χ4v) is 17.4. The van der Waals surface area contributed by atoms with Crippen molar-refractivity contribution in [1.82, 2.24) is 28.7 Å². The number of halogens is 1. The van der Waals surface area contributed by atoms with E-state index in [1.807, 2.05) is 6.07 Å². The van der Waals surface area contributed by atoms with E-state index < -0.39 is 0 Å². The molecule has 1 N–H and O–H groups in total. The fraction of sp³-hybridized carbons (Fsp3) is 0. The summed E-state index contributed by atoms with van der Waals surface area (Å²) in [6.07, 6.45) is 0. The number of benzene rings is 16. The second kappa shape index (κ2) is 23.2. The van der Waals surface area contributed by atoms with Crippen LogP contribution in [0, 0.1) is 0 Å². The molecule has 7 heteroatoms. The number of aromatic nitrogens is 6. The van der Waals surface area contributed by atoms with Crippen LogP contribution in [0.15, 0.2) is 352 Å². The number of H-pyrrole nitrogens is 1. The van der Waals surface area contributed by atoms with Gasteiger partial charge in [-0.15, -0.1) is 0 Å². The maximum absolute atomic E-state index is 5.99. The van der Waals surface area contributed by atoms with E-state index in [4.69, 9.17) is 16.6 Å². The highest BCUT2D eigenvalue weighted by atomic mass is 35.5. The van der Waals surface area contributed by atoms with E-state index in [1.165, 1.54) is 186 Å². The zero-order chi connectivity index (χ0) is 69.0. The van der Waals surface area contributed by atoms with Crippen molar-refractivity contribution in [2.75, 3.05) is 0 Å². The molecule has 0 bridgehead atoms. The molecule has 0 saturated carbocycles. The summed E-state index contributed by atoms with van der Waals surface area (Å²) in [5, 5.41) is 20.7. The van der Waals surface area contributed by atoms with Gasteiger partial charge < -0.3 is 14.1 Å². The summed E-state index contributed by atoms with van der Waals surface area (Å²) in [5.74, 6) is 0.936. The fourth-order valence-electron chi connectivity index (χ4n) is 17.3. The summed E-state index contributed by atoms with van der Waals surface area (Å²) in [6, 6.07) is 127. The Morgan fingerprint density at radius 3 is 1.13 bits per heavy atom. The van der Waals surface area contributed by atoms with Gasteiger partial charge in [-0.2, -0.15) is 0 Å². The number of fused-ring (bicyclic) bond motifs is 20. The smallest absolute Gasteiger partial charge is 0.138 e. The van der Waals surface area contributed by atoms with Crippen LogP contribution in [0.3, 0.4) is 0 Å². The topological polar surface area (TPSA) is 56.4 Å². The quantitative estimate of drug-likeness (QED) is 0.175. The van der Waals surface area contributed by atoms with Crippen molar-refractivity contribution >= 4 is 142 Å². The Hall–Kier alpha value is -13.7. The molecule has 488 valence electrons. The van der Waals surface area contributed by atoms with Crippen LogP contribution in [0.2, 0.25) is 5.15 Å². The van der Waals surface area contributed by atoms with Crippen molar-refractivity contribution in [2.24, 2.45) is 0 Å². The molecule has 0 unspecified atom stereocenters. The Labute approximate surface area is 607 Å². The first-order valence-electron chi connectivity index (χ1n) is 35.8. The van der Waals surface area contributed by atoms with Gasteiger partial charge in [0, 0.05) is 87.8 Å². The summed E-state index contributed by atoms with van der Waals surface area (Å²) < 4.78 is 7.13. The summed E-state index contributed by atoms with van der Waals surface area (Å²) in [4.78, 5) is 13.4. The lowest BCUT2D eigenvalue weighted by atomic mass is 10.0. The van der Waals surface area contributed by atoms with E-state index >= 15 is 0 Å². The van der Waals surface area contributed by atoms with Gasteiger partial charge in [-0.05, 0) is 198 Å². The van der Waals surface area contributed by atoms with E-state index in [0.29, 0.717) is 5.15 Å². The van der Waals surface area contributed by atoms with Crippen LogP contribution in [0.1, 0.15) is 0 Å². The van der Waals surface area contributed by atoms with E-state index in [9.17, 15) is 0 Å². The summed E-state index contributed by atoms with van der Waals surface area (Å²) >= 11 is 5.99. The van der Waals surface area contributed by atoms with Gasteiger partial charge in [-0.3, -0.25) is 4.57 Å². The maximum Gasteiger partial charge on any atom is 0.138 e. The van der Waals surface area contributed by atoms with Gasteiger partial charge in [-0.1, -0.05) is 242 Å². The summed E-state index contributed by atoms with van der Waals surface area (Å²) in [6.45, 7) is 0. The molecule has 0 radical (unpaired) electrons. The van der Waals surface area contributed by atoms with Crippen LogP contribution in [0.25, 0.3) is 215 Å². The lowest BCUT2D eigenvalue weighted by molar-refractivity contribution is 1.09. The molecule has 0 aliphatic heterocycles. The predicted octanol–water partition coefficient (Wildman–Crippen LogP) is 26.7. The number of para-hydroxylation sites is 4. The summed E-state index contributed by atoms with van der Waals surface area (Å²) in [5.41, 5.74) is 26.1. The number of aromatic amines is 1. The average Bonchev–Trinajstić information content (AvgIpc) is 1.58. The minimum Gasteiger partial charge on any atom is -0.355 e. The molecule has 0 fully saturated rings. The molecular weight excluding hydrogens is 1300 g/mol. The molecule has 2 aliphatic rings. The van der Waals surface area contributed by atoms with Gasteiger partial charge in [0.1, 0.15) is 11.0 Å². The van der Waals surface area contributed by atoms with Crippen molar-refractivity contribution in [3.05, 3.63) is 357 Å². The molecule has 0 atom stereocenters. The Morgan fingerprint density at radius 1 is 0.229 bits per heavy atom. The van der Waals surface area contributed by atoms with Gasteiger partial charge in [0.15, 0.2) is 0 Å². The first-order valence-corrected chi connectivity index (χ1v) is 36.2. The number of pyridine rings is 2. The second-order valence-electron chi connectivity index (χ2n) is 27.8. The normalized spacial score (nSPS) is 12.0. The standard InChI is InChI=1S/C49H29N3.C34H22N2.C15H8ClN/c1-2-10-32-27-35(22-19-30(32)9-1)51-43-17-5-3-13-36(43)41-28-33(20-24-45(41)51)34-21-25-46-42(29-34)37-14-4-6-18-44(37)52(46)47-26-23-39-38-15-7-11-31-12-8-16-40(48(31)38)49(39)50-47;1-2-8-23-19-26(16-13-22(23)7-1)36-33-12-6-4-10-28(33)30-21-25(15-18-34(30)36)24-14-17-32-29(20-24)27-9-3-5-11-31(27)35-32;16-13-8-7-11-10-5-1-3-9-4-2-6-12(14(9)10)15(11)17-13/h1-29H;1-21,35H;1-8H. The molecule has 0 amide bonds. The van der Waals surface area contributed by atoms with Crippen molar-refractivity contribution in [3.8, 4) is 84.2 Å². The number of nitrogens with zero attached hydrogens (tertiary/aromatic N) is 5. The highest BCUT2D eigenvalue weighted by molar-refractivity contribution is 6.30.